The zero-order valence-electron chi connectivity index (χ0n) is 19.3. The SMILES string of the molecule is C1C2CC3CC1CC(C2)C3P(C1C2CC3CC(C2)CC1C3)[C]12[CH]3[CH]4[CH]5[CH]1[Fe]45321678[CH]2[CH]1[CH]6[CH]7[CH]28. The molecule has 2 heteroatoms. The summed E-state index contributed by atoms with van der Waals surface area (Å²) in [6, 6.07) is 0. The predicted molar refractivity (Wildman–Crippen MR) is 125 cm³/mol. The van der Waals surface area contributed by atoms with E-state index in [1.807, 2.05) is 0 Å². The third-order valence-corrected chi connectivity index (χ3v) is 74.9. The van der Waals surface area contributed by atoms with Crippen molar-refractivity contribution in [2.24, 2.45) is 47.3 Å². The topological polar surface area (TPSA) is 0 Å². The van der Waals surface area contributed by atoms with E-state index in [9.17, 15) is 0 Å². The summed E-state index contributed by atoms with van der Waals surface area (Å²) in [6.07, 6.45) is 17.3. The number of rotatable bonds is 3. The molecular weight excluding hydrogens is 447 g/mol. The second-order valence-electron chi connectivity index (χ2n) is 19.9. The standard InChI is InChI=1S/C25H34P.C5H5.Fe/c1-2-4-23(3-1)26(24-19-7-15-5-16(9-19)10-20(24)8-15)25-21-11-17-6-18(13-21)14-22(25)12-17;1-2-4-5-3-1;/h1-4,15-22,24-25H,5-14H2;1-5H;. The van der Waals surface area contributed by atoms with Gasteiger partial charge >= 0.3 is 185 Å². The molecule has 0 aromatic heterocycles. The third-order valence-electron chi connectivity index (χ3n) is 24.0. The van der Waals surface area contributed by atoms with Crippen molar-refractivity contribution in [2.75, 3.05) is 0 Å². The van der Waals surface area contributed by atoms with Crippen LogP contribution in [0.15, 0.2) is 0 Å². The van der Waals surface area contributed by atoms with Crippen LogP contribution in [0.1, 0.15) is 64.2 Å². The quantitative estimate of drug-likeness (QED) is 0.278. The van der Waals surface area contributed by atoms with E-state index >= 15 is 0 Å². The van der Waals surface area contributed by atoms with Crippen molar-refractivity contribution in [2.45, 2.75) is 123 Å². The van der Waals surface area contributed by atoms with Crippen molar-refractivity contribution < 1.29 is 6.51 Å². The molecule has 10 saturated heterocycles. The zero-order valence-corrected chi connectivity index (χ0v) is 21.3. The fraction of sp³-hybridized carbons (Fsp3) is 1.00. The first-order valence-electron chi connectivity index (χ1n) is 15.5. The molecule has 0 radical (unpaired) electrons. The molecule has 172 valence electrons. The molecular formula is C30H39FeP. The molecule has 18 aliphatic rings. The van der Waals surface area contributed by atoms with Gasteiger partial charge in [0.25, 0.3) is 0 Å². The Bertz CT molecular complexity index is 1350. The van der Waals surface area contributed by atoms with Crippen molar-refractivity contribution in [3.8, 4) is 0 Å². The van der Waals surface area contributed by atoms with E-state index in [4.69, 9.17) is 0 Å². The monoisotopic (exact) mass is 486 g/mol. The molecule has 4 unspecified atom stereocenters. The third kappa shape index (κ3) is 0.344. The minimum absolute atomic E-state index is 0.422. The van der Waals surface area contributed by atoms with Gasteiger partial charge in [0.2, 0.25) is 0 Å². The Balaban J connectivity index is 1.01. The van der Waals surface area contributed by atoms with E-state index in [0.29, 0.717) is 7.92 Å². The van der Waals surface area contributed by atoms with Gasteiger partial charge in [0.1, 0.15) is 0 Å². The van der Waals surface area contributed by atoms with Crippen LogP contribution < -0.4 is 0 Å². The maximum atomic E-state index is 1.75. The van der Waals surface area contributed by atoms with Crippen LogP contribution >= 0.6 is 7.92 Å². The van der Waals surface area contributed by atoms with Crippen LogP contribution in [-0.4, -0.2) is 15.4 Å². The fourth-order valence-electron chi connectivity index (χ4n) is 26.1. The Morgan fingerprint density at radius 1 is 0.438 bits per heavy atom. The van der Waals surface area contributed by atoms with Crippen molar-refractivity contribution in [3.63, 3.8) is 0 Å². The summed E-state index contributed by atoms with van der Waals surface area (Å²) in [5, 5.41) is 0. The predicted octanol–water partition coefficient (Wildman–Crippen LogP) is 8.41. The van der Waals surface area contributed by atoms with Crippen LogP contribution in [0.3, 0.4) is 0 Å². The molecule has 0 aromatic rings. The first kappa shape index (κ1) is 14.6. The van der Waals surface area contributed by atoms with Crippen molar-refractivity contribution in [3.05, 3.63) is 0 Å². The molecule has 0 N–H and O–H groups in total. The molecule has 0 nitrogen and oxygen atoms in total. The van der Waals surface area contributed by atoms with Gasteiger partial charge in [0.05, 0.1) is 0 Å². The average molecular weight is 486 g/mol. The van der Waals surface area contributed by atoms with E-state index in [0.717, 1.165) is 0 Å². The molecule has 10 aliphatic heterocycles. The second-order valence-corrected chi connectivity index (χ2v) is 46.6. The van der Waals surface area contributed by atoms with Crippen LogP contribution in [0.25, 0.3) is 0 Å². The molecule has 1 spiro atoms. The van der Waals surface area contributed by atoms with Gasteiger partial charge in [-0.3, -0.25) is 0 Å². The minimum atomic E-state index is -3.03. The Labute approximate surface area is 184 Å². The maximum absolute atomic E-state index is 3.03. The molecule has 8 bridgehead atoms. The summed E-state index contributed by atoms with van der Waals surface area (Å²) < 4.78 is 1.29. The van der Waals surface area contributed by atoms with E-state index in [2.05, 4.69) is 0 Å². The van der Waals surface area contributed by atoms with Crippen LogP contribution in [0.4, 0.5) is 0 Å². The Morgan fingerprint density at radius 3 is 1.03 bits per heavy atom. The molecule has 32 heavy (non-hydrogen) atoms. The van der Waals surface area contributed by atoms with Gasteiger partial charge in [0, 0.05) is 0 Å². The number of hydrogen-bond donors (Lipinski definition) is 0. The Hall–Kier alpha value is 0.949. The van der Waals surface area contributed by atoms with E-state index < -0.39 is 6.51 Å². The molecule has 8 saturated carbocycles. The van der Waals surface area contributed by atoms with Crippen molar-refractivity contribution in [1.29, 1.82) is 0 Å². The van der Waals surface area contributed by atoms with Crippen molar-refractivity contribution >= 4 is 7.92 Å². The van der Waals surface area contributed by atoms with Crippen LogP contribution in [-0.2, 0) is 6.51 Å². The van der Waals surface area contributed by atoms with Gasteiger partial charge in [0.15, 0.2) is 0 Å². The average Bonchev–Trinajstić information content (AvgIpc) is 3.70. The second kappa shape index (κ2) is 2.06. The van der Waals surface area contributed by atoms with Gasteiger partial charge in [-0.25, -0.2) is 0 Å². The first-order valence-corrected chi connectivity index (χ1v) is 23.3. The fourth-order valence-corrected chi connectivity index (χ4v) is 118. The summed E-state index contributed by atoms with van der Waals surface area (Å²) in [5.74, 6) is 9.93. The summed E-state index contributed by atoms with van der Waals surface area (Å²) in [5.41, 5.74) is 2.72. The van der Waals surface area contributed by atoms with Gasteiger partial charge in [-0.05, 0) is 0 Å². The van der Waals surface area contributed by atoms with E-state index in [1.165, 1.54) is 62.7 Å². The summed E-state index contributed by atoms with van der Waals surface area (Å²) in [6.45, 7) is -3.03. The number of fused-ring (bicyclic) bond motifs is 10. The van der Waals surface area contributed by atoms with E-state index in [1.54, 1.807) is 108 Å². The Kier molecular flexibility index (Phi) is 0.941. The molecule has 18 rings (SSSR count). The summed E-state index contributed by atoms with van der Waals surface area (Å²) >= 11 is 0. The van der Waals surface area contributed by atoms with Gasteiger partial charge in [-0.1, -0.05) is 0 Å². The van der Waals surface area contributed by atoms with Crippen molar-refractivity contribution in [1.82, 2.24) is 0 Å². The molecule has 10 heterocycles. The first-order chi connectivity index (χ1) is 15.5. The summed E-state index contributed by atoms with van der Waals surface area (Å²) in [4.78, 5) is 14.3. The molecule has 8 aliphatic carbocycles. The van der Waals surface area contributed by atoms with Gasteiger partial charge in [-0.15, -0.1) is 0 Å². The molecule has 4 atom stereocenters. The normalized spacial score (nSPS) is 104. The number of hydrogen-bond acceptors (Lipinski definition) is 0. The van der Waals surface area contributed by atoms with Crippen LogP contribution in [0.2, 0.25) is 43.3 Å². The molecule has 0 aromatic carbocycles. The van der Waals surface area contributed by atoms with Gasteiger partial charge < -0.3 is 0 Å². The van der Waals surface area contributed by atoms with Crippen LogP contribution in [0, 0.1) is 47.3 Å². The van der Waals surface area contributed by atoms with E-state index in [-0.39, 0.29) is 0 Å². The van der Waals surface area contributed by atoms with Crippen LogP contribution in [0.5, 0.6) is 0 Å². The summed E-state index contributed by atoms with van der Waals surface area (Å²) in [7, 11) is 0.422. The van der Waals surface area contributed by atoms with Gasteiger partial charge in [-0.2, -0.15) is 0 Å². The molecule has 0 amide bonds. The molecule has 18 fully saturated rings. The Morgan fingerprint density at radius 2 is 0.781 bits per heavy atom. The zero-order chi connectivity index (χ0) is 19.4.